The third-order valence-electron chi connectivity index (χ3n) is 17.2. The first-order valence-corrected chi connectivity index (χ1v) is 29.1. The molecule has 0 amide bonds. The molecule has 82 heavy (non-hydrogen) atoms. The molecule has 12 aromatic carbocycles. The fourth-order valence-electron chi connectivity index (χ4n) is 14.0. The Hall–Kier alpha value is -10.7. The Morgan fingerprint density at radius 1 is 0.268 bits per heavy atom. The molecule has 0 bridgehead atoms. The molecule has 0 radical (unpaired) electrons. The van der Waals surface area contributed by atoms with E-state index in [1.165, 1.54) is 45.9 Å². The van der Waals surface area contributed by atoms with Crippen molar-refractivity contribution >= 4 is 150 Å². The van der Waals surface area contributed by atoms with Crippen LogP contribution in [-0.2, 0) is 0 Å². The molecule has 6 nitrogen and oxygen atoms in total. The van der Waals surface area contributed by atoms with Crippen LogP contribution in [0.1, 0.15) is 11.1 Å². The van der Waals surface area contributed by atoms with Gasteiger partial charge in [0.15, 0.2) is 0 Å². The maximum atomic E-state index is 12.9. The van der Waals surface area contributed by atoms with Crippen molar-refractivity contribution in [1.82, 2.24) is 18.3 Å². The molecule has 0 aliphatic carbocycles. The van der Waals surface area contributed by atoms with Crippen LogP contribution in [-0.4, -0.2) is 18.3 Å². The number of fused-ring (bicyclic) bond motifs is 19. The van der Waals surface area contributed by atoms with Crippen molar-refractivity contribution in [2.75, 3.05) is 0 Å². The predicted molar refractivity (Wildman–Crippen MR) is 344 cm³/mol. The Labute approximate surface area is 475 Å². The predicted octanol–water partition coefficient (Wildman–Crippen LogP) is 20.2. The maximum absolute atomic E-state index is 12.9. The van der Waals surface area contributed by atoms with Crippen molar-refractivity contribution in [3.05, 3.63) is 254 Å². The normalized spacial score (nSPS) is 12.1. The Morgan fingerprint density at radius 3 is 1.10 bits per heavy atom. The molecule has 0 saturated carbocycles. The summed E-state index contributed by atoms with van der Waals surface area (Å²) < 4.78 is 14.0. The zero-order chi connectivity index (χ0) is 53.9. The average Bonchev–Trinajstić information content (AvgIpc) is 2.07. The standard InChI is InChI=1S/C74H40N6S2/c75-41-55-70(77-57-27-9-1-18-45(57)46-19-2-10-28-58(46)77)71(78-59-29-11-3-20-47(59)48-21-4-12-30-60(48)78)56(42-76)73(72(55)79-61-31-13-5-22-49(61)50-23-6-14-32-62(50)79)80-63-38-36-43(44-26-17-35-67-68(44)53-25-8-16-34-66(53)81-67)40-54(63)69-64(80)39-37-52-51-24-7-15-33-65(51)82-74(52)69/h1-40H. The van der Waals surface area contributed by atoms with Gasteiger partial charge in [0.1, 0.15) is 23.3 Å². The lowest BCUT2D eigenvalue weighted by Gasteiger charge is -2.27. The van der Waals surface area contributed by atoms with Crippen molar-refractivity contribution in [3.8, 4) is 46.0 Å². The first-order chi connectivity index (χ1) is 40.7. The van der Waals surface area contributed by atoms with Gasteiger partial charge in [0.2, 0.25) is 0 Å². The molecule has 6 heterocycles. The molecule has 18 rings (SSSR count). The number of hydrogen-bond donors (Lipinski definition) is 0. The van der Waals surface area contributed by atoms with Gasteiger partial charge in [-0.15, -0.1) is 22.7 Å². The molecule has 0 unspecified atom stereocenters. The van der Waals surface area contributed by atoms with E-state index in [-0.39, 0.29) is 0 Å². The van der Waals surface area contributed by atoms with Gasteiger partial charge in [-0.1, -0.05) is 170 Å². The highest BCUT2D eigenvalue weighted by atomic mass is 32.1. The minimum atomic E-state index is 0.424. The van der Waals surface area contributed by atoms with Crippen LogP contribution in [0.2, 0.25) is 0 Å². The summed E-state index contributed by atoms with van der Waals surface area (Å²) in [6.07, 6.45) is 0. The molecular formula is C74H40N6S2. The van der Waals surface area contributed by atoms with Crippen molar-refractivity contribution in [3.63, 3.8) is 0 Å². The summed E-state index contributed by atoms with van der Waals surface area (Å²) in [5.41, 5.74) is 13.0. The lowest BCUT2D eigenvalue weighted by Crippen LogP contribution is -2.16. The zero-order valence-corrected chi connectivity index (χ0v) is 45.2. The molecule has 18 aromatic rings. The van der Waals surface area contributed by atoms with Crippen LogP contribution in [0.15, 0.2) is 243 Å². The van der Waals surface area contributed by atoms with E-state index in [1.54, 1.807) is 0 Å². The molecule has 0 fully saturated rings. The van der Waals surface area contributed by atoms with Crippen LogP contribution in [0, 0.1) is 22.7 Å². The summed E-state index contributed by atoms with van der Waals surface area (Å²) >= 11 is 3.64. The van der Waals surface area contributed by atoms with E-state index in [1.807, 2.05) is 22.7 Å². The first-order valence-electron chi connectivity index (χ1n) is 27.5. The molecule has 0 aliphatic heterocycles. The Kier molecular flexibility index (Phi) is 9.30. The van der Waals surface area contributed by atoms with Crippen molar-refractivity contribution < 1.29 is 0 Å². The minimum absolute atomic E-state index is 0.424. The number of hydrogen-bond acceptors (Lipinski definition) is 4. The number of rotatable bonds is 5. The van der Waals surface area contributed by atoms with Gasteiger partial charge in [0.25, 0.3) is 0 Å². The van der Waals surface area contributed by atoms with Gasteiger partial charge in [-0.05, 0) is 83.9 Å². The van der Waals surface area contributed by atoms with Crippen molar-refractivity contribution in [2.45, 2.75) is 0 Å². The second-order valence-corrected chi connectivity index (χ2v) is 23.4. The highest BCUT2D eigenvalue weighted by molar-refractivity contribution is 7.27. The Bertz CT molecular complexity index is 5780. The molecule has 0 spiro atoms. The largest absolute Gasteiger partial charge is 0.306 e. The number of nitrogens with zero attached hydrogens (tertiary/aromatic N) is 6. The summed E-state index contributed by atoms with van der Waals surface area (Å²) in [7, 11) is 0. The Balaban J connectivity index is 1.11. The molecule has 0 aliphatic rings. The summed E-state index contributed by atoms with van der Waals surface area (Å²) in [5.74, 6) is 0. The highest BCUT2D eigenvalue weighted by Gasteiger charge is 2.35. The van der Waals surface area contributed by atoms with Crippen LogP contribution in [0.25, 0.3) is 161 Å². The molecule has 0 N–H and O–H groups in total. The van der Waals surface area contributed by atoms with E-state index >= 15 is 0 Å². The molecule has 8 heteroatoms. The third-order valence-corrected chi connectivity index (χ3v) is 19.6. The van der Waals surface area contributed by atoms with Crippen LogP contribution in [0.3, 0.4) is 0 Å². The minimum Gasteiger partial charge on any atom is -0.306 e. The summed E-state index contributed by atoms with van der Waals surface area (Å²) in [5, 5.41) is 39.0. The van der Waals surface area contributed by atoms with E-state index in [2.05, 4.69) is 273 Å². The Morgan fingerprint density at radius 2 is 0.634 bits per heavy atom. The maximum Gasteiger partial charge on any atom is 0.104 e. The molecule has 6 aromatic heterocycles. The van der Waals surface area contributed by atoms with Crippen molar-refractivity contribution in [1.29, 1.82) is 10.5 Å². The number of para-hydroxylation sites is 6. The number of nitriles is 2. The lowest BCUT2D eigenvalue weighted by molar-refractivity contribution is 1.02. The van der Waals surface area contributed by atoms with Gasteiger partial charge < -0.3 is 18.3 Å². The number of aromatic nitrogens is 4. The van der Waals surface area contributed by atoms with E-state index in [4.69, 9.17) is 0 Å². The third kappa shape index (κ3) is 5.93. The fourth-order valence-corrected chi connectivity index (χ4v) is 16.4. The fraction of sp³-hybridized carbons (Fsp3) is 0. The lowest BCUT2D eigenvalue weighted by atomic mass is 9.97. The van der Waals surface area contributed by atoms with Gasteiger partial charge in [0, 0.05) is 83.4 Å². The second-order valence-electron chi connectivity index (χ2n) is 21.3. The SMILES string of the molecule is N#Cc1c(-n2c3ccccc3c3ccccc32)c(-n2c3ccccc3c3ccccc32)c(C#N)c(-n2c3ccc(-c4cccc5sc6ccccc6c45)cc3c3c4sc5ccccc5c4ccc32)c1-n1c2ccccc2c2ccccc21. The topological polar surface area (TPSA) is 67.3 Å². The average molecular weight is 1080 g/mol. The molecule has 378 valence electrons. The van der Waals surface area contributed by atoms with Gasteiger partial charge >= 0.3 is 0 Å². The monoisotopic (exact) mass is 1080 g/mol. The number of thiophene rings is 2. The smallest absolute Gasteiger partial charge is 0.104 e. The van der Waals surface area contributed by atoms with Gasteiger partial charge in [-0.25, -0.2) is 0 Å². The van der Waals surface area contributed by atoms with Gasteiger partial charge in [-0.2, -0.15) is 10.5 Å². The summed E-state index contributed by atoms with van der Waals surface area (Å²) in [6.45, 7) is 0. The quantitative estimate of drug-likeness (QED) is 0.172. The van der Waals surface area contributed by atoms with Crippen LogP contribution in [0.5, 0.6) is 0 Å². The van der Waals surface area contributed by atoms with E-state index in [9.17, 15) is 10.5 Å². The summed E-state index contributed by atoms with van der Waals surface area (Å²) in [4.78, 5) is 0. The molecule has 0 saturated heterocycles. The molecule has 0 atom stereocenters. The highest BCUT2D eigenvalue weighted by Crippen LogP contribution is 2.51. The summed E-state index contributed by atoms with van der Waals surface area (Å²) in [6, 6.07) is 92.3. The van der Waals surface area contributed by atoms with Crippen molar-refractivity contribution in [2.24, 2.45) is 0 Å². The van der Waals surface area contributed by atoms with Crippen LogP contribution < -0.4 is 0 Å². The number of benzene rings is 12. The van der Waals surface area contributed by atoms with Crippen LogP contribution in [0.4, 0.5) is 0 Å². The van der Waals surface area contributed by atoms with Gasteiger partial charge in [-0.3, -0.25) is 0 Å². The second kappa shape index (κ2) is 16.9. The van der Waals surface area contributed by atoms with Crippen LogP contribution >= 0.6 is 22.7 Å². The van der Waals surface area contributed by atoms with E-state index in [0.717, 1.165) is 92.8 Å². The van der Waals surface area contributed by atoms with E-state index < -0.39 is 0 Å². The zero-order valence-electron chi connectivity index (χ0n) is 43.6. The van der Waals surface area contributed by atoms with Gasteiger partial charge in [0.05, 0.1) is 66.9 Å². The first kappa shape index (κ1) is 45.2. The molecular weight excluding hydrogens is 1040 g/mol. The van der Waals surface area contributed by atoms with E-state index in [0.29, 0.717) is 33.9 Å².